The van der Waals surface area contributed by atoms with Crippen LogP contribution in [0.4, 0.5) is 0 Å². The lowest BCUT2D eigenvalue weighted by atomic mass is 10.0. The third-order valence-corrected chi connectivity index (χ3v) is 2.87. The van der Waals surface area contributed by atoms with E-state index in [1.54, 1.807) is 0 Å². The Labute approximate surface area is 104 Å². The zero-order chi connectivity index (χ0) is 12.4. The number of aldehydes is 1. The summed E-state index contributed by atoms with van der Waals surface area (Å²) in [6.45, 7) is 0. The molecule has 3 nitrogen and oxygen atoms in total. The van der Waals surface area contributed by atoms with Crippen LogP contribution in [0.1, 0.15) is 10.5 Å². The minimum atomic E-state index is 0.380. The second-order valence-corrected chi connectivity index (χ2v) is 3.96. The zero-order valence-electron chi connectivity index (χ0n) is 9.58. The Morgan fingerprint density at radius 2 is 1.44 bits per heavy atom. The topological polar surface area (TPSA) is 42.9 Å². The van der Waals surface area contributed by atoms with Crippen LogP contribution in [-0.2, 0) is 0 Å². The van der Waals surface area contributed by atoms with Crippen molar-refractivity contribution in [2.75, 3.05) is 0 Å². The monoisotopic (exact) mass is 234 g/mol. The van der Waals surface area contributed by atoms with E-state index >= 15 is 0 Å². The van der Waals surface area contributed by atoms with Gasteiger partial charge in [0.2, 0.25) is 0 Å². The molecule has 3 rings (SSSR count). The Morgan fingerprint density at radius 1 is 0.778 bits per heavy atom. The van der Waals surface area contributed by atoms with E-state index in [9.17, 15) is 4.79 Å². The first-order chi connectivity index (χ1) is 8.90. The minimum Gasteiger partial charge on any atom is -0.296 e. The summed E-state index contributed by atoms with van der Waals surface area (Å²) in [5, 5.41) is 9.93. The van der Waals surface area contributed by atoms with Crippen LogP contribution in [0.3, 0.4) is 0 Å². The molecule has 0 N–H and O–H groups in total. The van der Waals surface area contributed by atoms with Crippen molar-refractivity contribution in [3.63, 3.8) is 0 Å². The Bertz CT molecular complexity index is 708. The Morgan fingerprint density at radius 3 is 2.17 bits per heavy atom. The molecular weight excluding hydrogens is 224 g/mol. The lowest BCUT2D eigenvalue weighted by Gasteiger charge is -2.06. The number of rotatable bonds is 2. The van der Waals surface area contributed by atoms with Gasteiger partial charge in [0.25, 0.3) is 0 Å². The second kappa shape index (κ2) is 4.37. The third kappa shape index (κ3) is 1.66. The molecule has 0 radical (unpaired) electrons. The summed E-state index contributed by atoms with van der Waals surface area (Å²) in [4.78, 5) is 11.0. The van der Waals surface area contributed by atoms with Crippen LogP contribution in [0.2, 0.25) is 0 Å². The fourth-order valence-corrected chi connectivity index (χ4v) is 2.02. The van der Waals surface area contributed by atoms with Gasteiger partial charge in [0.15, 0.2) is 6.29 Å². The smallest absolute Gasteiger partial charge is 0.170 e. The van der Waals surface area contributed by atoms with Crippen molar-refractivity contribution in [1.29, 1.82) is 0 Å². The van der Waals surface area contributed by atoms with Crippen LogP contribution in [-0.4, -0.2) is 16.5 Å². The second-order valence-electron chi connectivity index (χ2n) is 3.96. The van der Waals surface area contributed by atoms with E-state index in [0.717, 1.165) is 28.3 Å². The lowest BCUT2D eigenvalue weighted by Crippen LogP contribution is -1.96. The molecule has 0 unspecified atom stereocenters. The molecule has 0 bridgehead atoms. The van der Waals surface area contributed by atoms with E-state index in [4.69, 9.17) is 0 Å². The van der Waals surface area contributed by atoms with Crippen molar-refractivity contribution in [3.8, 4) is 11.3 Å². The van der Waals surface area contributed by atoms with Crippen LogP contribution in [0.15, 0.2) is 54.6 Å². The lowest BCUT2D eigenvalue weighted by molar-refractivity contribution is 0.112. The van der Waals surface area contributed by atoms with Gasteiger partial charge in [-0.25, -0.2) is 0 Å². The van der Waals surface area contributed by atoms with Gasteiger partial charge in [-0.15, -0.1) is 10.2 Å². The highest BCUT2D eigenvalue weighted by atomic mass is 16.1. The van der Waals surface area contributed by atoms with Gasteiger partial charge in [-0.1, -0.05) is 54.6 Å². The van der Waals surface area contributed by atoms with Crippen LogP contribution in [0.25, 0.3) is 22.0 Å². The molecule has 0 amide bonds. The predicted molar refractivity (Wildman–Crippen MR) is 70.4 cm³/mol. The molecule has 86 valence electrons. The summed E-state index contributed by atoms with van der Waals surface area (Å²) < 4.78 is 0. The molecule has 0 spiro atoms. The molecule has 1 heterocycles. The van der Waals surface area contributed by atoms with Gasteiger partial charge in [0, 0.05) is 16.3 Å². The van der Waals surface area contributed by atoms with E-state index < -0.39 is 0 Å². The van der Waals surface area contributed by atoms with Gasteiger partial charge < -0.3 is 0 Å². The Balaban J connectivity index is 2.35. The summed E-state index contributed by atoms with van der Waals surface area (Å²) >= 11 is 0. The molecule has 0 aliphatic rings. The van der Waals surface area contributed by atoms with Crippen LogP contribution >= 0.6 is 0 Å². The van der Waals surface area contributed by atoms with Gasteiger partial charge in [0.1, 0.15) is 11.4 Å². The summed E-state index contributed by atoms with van der Waals surface area (Å²) in [6.07, 6.45) is 0.740. The molecule has 0 aliphatic carbocycles. The first-order valence-electron chi connectivity index (χ1n) is 5.66. The molecule has 0 saturated carbocycles. The summed E-state index contributed by atoms with van der Waals surface area (Å²) in [5.74, 6) is 0. The fraction of sp³-hybridized carbons (Fsp3) is 0. The predicted octanol–water partition coefficient (Wildman–Crippen LogP) is 3.11. The molecule has 0 atom stereocenters. The van der Waals surface area contributed by atoms with E-state index in [1.165, 1.54) is 0 Å². The maximum absolute atomic E-state index is 11.0. The standard InChI is InChI=1S/C15H10N2O/c18-10-14-12-8-4-5-9-13(12)15(17-16-14)11-6-2-1-3-7-11/h1-10H. The Hall–Kier alpha value is -2.55. The van der Waals surface area contributed by atoms with Crippen molar-refractivity contribution in [3.05, 3.63) is 60.3 Å². The number of hydrogen-bond acceptors (Lipinski definition) is 3. The molecule has 18 heavy (non-hydrogen) atoms. The molecule has 0 fully saturated rings. The maximum Gasteiger partial charge on any atom is 0.170 e. The number of benzene rings is 2. The highest BCUT2D eigenvalue weighted by molar-refractivity contribution is 6.01. The van der Waals surface area contributed by atoms with Gasteiger partial charge >= 0.3 is 0 Å². The van der Waals surface area contributed by atoms with Gasteiger partial charge in [-0.2, -0.15) is 0 Å². The number of aromatic nitrogens is 2. The normalized spacial score (nSPS) is 10.4. The van der Waals surface area contributed by atoms with Crippen molar-refractivity contribution in [1.82, 2.24) is 10.2 Å². The van der Waals surface area contributed by atoms with Gasteiger partial charge in [0.05, 0.1) is 0 Å². The van der Waals surface area contributed by atoms with Gasteiger partial charge in [-0.3, -0.25) is 4.79 Å². The molecule has 0 aliphatic heterocycles. The highest BCUT2D eigenvalue weighted by Crippen LogP contribution is 2.26. The number of carbonyl (C=O) groups excluding carboxylic acids is 1. The van der Waals surface area contributed by atoms with Crippen molar-refractivity contribution in [2.24, 2.45) is 0 Å². The quantitative estimate of drug-likeness (QED) is 0.640. The minimum absolute atomic E-state index is 0.380. The van der Waals surface area contributed by atoms with Crippen LogP contribution < -0.4 is 0 Å². The Kier molecular flexibility index (Phi) is 2.57. The number of nitrogens with zero attached hydrogens (tertiary/aromatic N) is 2. The van der Waals surface area contributed by atoms with Crippen molar-refractivity contribution >= 4 is 17.1 Å². The average Bonchev–Trinajstić information content (AvgIpc) is 2.47. The maximum atomic E-state index is 11.0. The molecule has 0 saturated heterocycles. The molecule has 1 aromatic heterocycles. The number of hydrogen-bond donors (Lipinski definition) is 0. The van der Waals surface area contributed by atoms with E-state index in [0.29, 0.717) is 5.69 Å². The summed E-state index contributed by atoms with van der Waals surface area (Å²) in [7, 11) is 0. The molecule has 3 aromatic rings. The zero-order valence-corrected chi connectivity index (χ0v) is 9.58. The largest absolute Gasteiger partial charge is 0.296 e. The fourth-order valence-electron chi connectivity index (χ4n) is 2.02. The van der Waals surface area contributed by atoms with Gasteiger partial charge in [-0.05, 0) is 0 Å². The van der Waals surface area contributed by atoms with Crippen molar-refractivity contribution < 1.29 is 4.79 Å². The number of fused-ring (bicyclic) bond motifs is 1. The van der Waals surface area contributed by atoms with Crippen molar-refractivity contribution in [2.45, 2.75) is 0 Å². The average molecular weight is 234 g/mol. The van der Waals surface area contributed by atoms with Crippen LogP contribution in [0.5, 0.6) is 0 Å². The number of carbonyl (C=O) groups is 1. The third-order valence-electron chi connectivity index (χ3n) is 2.87. The highest BCUT2D eigenvalue weighted by Gasteiger charge is 2.09. The van der Waals surface area contributed by atoms with E-state index in [-0.39, 0.29) is 0 Å². The summed E-state index contributed by atoms with van der Waals surface area (Å²) in [6, 6.07) is 17.5. The SMILES string of the molecule is O=Cc1nnc(-c2ccccc2)c2ccccc12. The molecular formula is C15H10N2O. The van der Waals surface area contributed by atoms with E-state index in [1.807, 2.05) is 54.6 Å². The van der Waals surface area contributed by atoms with E-state index in [2.05, 4.69) is 10.2 Å². The molecule has 3 heteroatoms. The first-order valence-corrected chi connectivity index (χ1v) is 5.66. The summed E-state index contributed by atoms with van der Waals surface area (Å²) in [5.41, 5.74) is 2.18. The molecule has 2 aromatic carbocycles. The van der Waals surface area contributed by atoms with Crippen LogP contribution in [0, 0.1) is 0 Å². The first kappa shape index (κ1) is 10.6.